The fourth-order valence-corrected chi connectivity index (χ4v) is 6.07. The van der Waals surface area contributed by atoms with Crippen LogP contribution in [0.1, 0.15) is 21.6 Å². The van der Waals surface area contributed by atoms with E-state index in [0.717, 1.165) is 41.8 Å². The fraction of sp³-hybridized carbons (Fsp3) is 0.333. The van der Waals surface area contributed by atoms with Crippen molar-refractivity contribution in [2.24, 2.45) is 0 Å². The van der Waals surface area contributed by atoms with Gasteiger partial charge in [0, 0.05) is 36.7 Å². The van der Waals surface area contributed by atoms with Crippen LogP contribution in [0.3, 0.4) is 0 Å². The minimum atomic E-state index is 0.0109. The molecule has 1 atom stereocenters. The maximum Gasteiger partial charge on any atom is 0.230 e. The number of hydrogen-bond acceptors (Lipinski definition) is 8. The molecule has 0 spiro atoms. The van der Waals surface area contributed by atoms with Crippen LogP contribution in [0, 0.1) is 6.92 Å². The van der Waals surface area contributed by atoms with Gasteiger partial charge in [0.2, 0.25) is 10.8 Å². The van der Waals surface area contributed by atoms with E-state index in [9.17, 15) is 5.11 Å². The number of benzene rings is 1. The number of anilines is 1. The summed E-state index contributed by atoms with van der Waals surface area (Å²) in [5.41, 5.74) is 1.21. The number of fused-ring (bicyclic) bond motifs is 1. The van der Waals surface area contributed by atoms with Crippen LogP contribution in [0.4, 0.5) is 5.69 Å². The van der Waals surface area contributed by atoms with Crippen LogP contribution in [0.2, 0.25) is 0 Å². The summed E-state index contributed by atoms with van der Waals surface area (Å²) in [6.45, 7) is 5.50. The first kappa shape index (κ1) is 19.3. The molecule has 0 amide bonds. The average molecular weight is 442 g/mol. The SMILES string of the molecule is COc1ccc(N2CCN(C(c3cccs3)c3sc4nc(C)nn4c3O)CC2)cc1. The van der Waals surface area contributed by atoms with Crippen molar-refractivity contribution in [3.63, 3.8) is 0 Å². The first-order valence-electron chi connectivity index (χ1n) is 9.85. The summed E-state index contributed by atoms with van der Waals surface area (Å²) >= 11 is 3.24. The first-order valence-corrected chi connectivity index (χ1v) is 11.5. The summed E-state index contributed by atoms with van der Waals surface area (Å²) in [5, 5.41) is 17.3. The molecule has 30 heavy (non-hydrogen) atoms. The van der Waals surface area contributed by atoms with E-state index in [1.165, 1.54) is 21.9 Å². The summed E-state index contributed by atoms with van der Waals surface area (Å²) in [4.78, 5) is 12.2. The van der Waals surface area contributed by atoms with Crippen molar-refractivity contribution < 1.29 is 9.84 Å². The van der Waals surface area contributed by atoms with Gasteiger partial charge in [-0.1, -0.05) is 17.4 Å². The van der Waals surface area contributed by atoms with Crippen molar-refractivity contribution >= 4 is 33.3 Å². The van der Waals surface area contributed by atoms with E-state index >= 15 is 0 Å². The smallest absolute Gasteiger partial charge is 0.230 e. The predicted molar refractivity (Wildman–Crippen MR) is 120 cm³/mol. The molecule has 4 aromatic rings. The van der Waals surface area contributed by atoms with Gasteiger partial charge in [0.15, 0.2) is 0 Å². The maximum absolute atomic E-state index is 10.9. The Bertz CT molecular complexity index is 1130. The van der Waals surface area contributed by atoms with Crippen molar-refractivity contribution in [3.05, 3.63) is 57.4 Å². The van der Waals surface area contributed by atoms with Gasteiger partial charge in [-0.2, -0.15) is 4.52 Å². The number of nitrogens with zero attached hydrogens (tertiary/aromatic N) is 5. The van der Waals surface area contributed by atoms with Gasteiger partial charge in [0.25, 0.3) is 0 Å². The molecule has 0 aliphatic carbocycles. The normalized spacial score (nSPS) is 16.3. The zero-order valence-electron chi connectivity index (χ0n) is 16.9. The molecule has 0 saturated carbocycles. The number of thiophene rings is 1. The van der Waals surface area contributed by atoms with E-state index in [-0.39, 0.29) is 11.9 Å². The molecule has 156 valence electrons. The lowest BCUT2D eigenvalue weighted by atomic mass is 10.1. The molecule has 1 unspecified atom stereocenters. The number of aryl methyl sites for hydroxylation is 1. The third kappa shape index (κ3) is 3.42. The predicted octanol–water partition coefficient (Wildman–Crippen LogP) is 3.79. The molecule has 3 aromatic heterocycles. The molecule has 1 saturated heterocycles. The zero-order chi connectivity index (χ0) is 20.7. The van der Waals surface area contributed by atoms with E-state index < -0.39 is 0 Å². The van der Waals surface area contributed by atoms with Crippen LogP contribution in [-0.2, 0) is 0 Å². The lowest BCUT2D eigenvalue weighted by molar-refractivity contribution is 0.213. The molecule has 9 heteroatoms. The second kappa shape index (κ2) is 7.90. The number of ether oxygens (including phenoxy) is 1. The second-order valence-electron chi connectivity index (χ2n) is 7.28. The summed E-state index contributed by atoms with van der Waals surface area (Å²) in [6, 6.07) is 12.5. The Morgan fingerprint density at radius 3 is 2.50 bits per heavy atom. The Morgan fingerprint density at radius 2 is 1.87 bits per heavy atom. The summed E-state index contributed by atoms with van der Waals surface area (Å²) in [5.74, 6) is 1.74. The molecule has 4 heterocycles. The van der Waals surface area contributed by atoms with Crippen molar-refractivity contribution in [1.29, 1.82) is 0 Å². The Kier molecular flexibility index (Phi) is 5.10. The van der Waals surface area contributed by atoms with E-state index in [1.54, 1.807) is 23.0 Å². The fourth-order valence-electron chi connectivity index (χ4n) is 3.98. The lowest BCUT2D eigenvalue weighted by Gasteiger charge is -2.39. The van der Waals surface area contributed by atoms with Gasteiger partial charge < -0.3 is 14.7 Å². The number of hydrogen-bond donors (Lipinski definition) is 1. The van der Waals surface area contributed by atoms with Gasteiger partial charge in [-0.15, -0.1) is 16.4 Å². The number of aromatic nitrogens is 3. The number of methoxy groups -OCH3 is 1. The molecule has 7 nitrogen and oxygen atoms in total. The highest BCUT2D eigenvalue weighted by molar-refractivity contribution is 7.17. The number of thiazole rings is 1. The molecule has 5 rings (SSSR count). The largest absolute Gasteiger partial charge is 0.497 e. The molecule has 0 bridgehead atoms. The molecule has 1 aliphatic heterocycles. The van der Waals surface area contributed by atoms with Crippen LogP contribution in [0.5, 0.6) is 11.6 Å². The molecule has 1 N–H and O–H groups in total. The number of aromatic hydroxyl groups is 1. The second-order valence-corrected chi connectivity index (χ2v) is 9.27. The third-order valence-electron chi connectivity index (χ3n) is 5.48. The van der Waals surface area contributed by atoms with Gasteiger partial charge >= 0.3 is 0 Å². The van der Waals surface area contributed by atoms with Crippen molar-refractivity contribution in [2.75, 3.05) is 38.2 Å². The number of piperazine rings is 1. The highest BCUT2D eigenvalue weighted by atomic mass is 32.1. The monoisotopic (exact) mass is 441 g/mol. The van der Waals surface area contributed by atoms with E-state index in [4.69, 9.17) is 4.74 Å². The molecular formula is C21H23N5O2S2. The molecule has 1 aliphatic rings. The number of rotatable bonds is 5. The third-order valence-corrected chi connectivity index (χ3v) is 7.48. The molecule has 1 aromatic carbocycles. The van der Waals surface area contributed by atoms with E-state index in [0.29, 0.717) is 5.82 Å². The van der Waals surface area contributed by atoms with Crippen LogP contribution >= 0.6 is 22.7 Å². The maximum atomic E-state index is 10.9. The Morgan fingerprint density at radius 1 is 1.10 bits per heavy atom. The quantitative estimate of drug-likeness (QED) is 0.508. The van der Waals surface area contributed by atoms with Crippen molar-refractivity contribution in [3.8, 4) is 11.6 Å². The van der Waals surface area contributed by atoms with Gasteiger partial charge in [-0.25, -0.2) is 4.98 Å². The summed E-state index contributed by atoms with van der Waals surface area (Å²) in [7, 11) is 1.69. The Labute approximate surface area is 182 Å². The summed E-state index contributed by atoms with van der Waals surface area (Å²) < 4.78 is 6.83. The van der Waals surface area contributed by atoms with Crippen LogP contribution < -0.4 is 9.64 Å². The highest BCUT2D eigenvalue weighted by Crippen LogP contribution is 2.41. The minimum Gasteiger partial charge on any atom is -0.497 e. The van der Waals surface area contributed by atoms with E-state index in [1.807, 2.05) is 19.1 Å². The molecule has 1 fully saturated rings. The Balaban J connectivity index is 1.40. The van der Waals surface area contributed by atoms with Gasteiger partial charge in [0.05, 0.1) is 18.0 Å². The molecular weight excluding hydrogens is 418 g/mol. The standard InChI is InChI=1S/C21H23N5O2S2/c1-14-22-21-26(23-14)20(27)19(30-21)18(17-4-3-13-29-17)25-11-9-24(10-12-25)15-5-7-16(28-2)8-6-15/h3-8,13,18,27H,9-12H2,1-2H3. The van der Waals surface area contributed by atoms with Crippen molar-refractivity contribution in [1.82, 2.24) is 19.5 Å². The van der Waals surface area contributed by atoms with Gasteiger partial charge in [-0.3, -0.25) is 4.90 Å². The van der Waals surface area contributed by atoms with E-state index in [2.05, 4.69) is 49.5 Å². The average Bonchev–Trinajstić information content (AvgIpc) is 3.49. The topological polar surface area (TPSA) is 66.1 Å². The van der Waals surface area contributed by atoms with Crippen LogP contribution in [0.15, 0.2) is 41.8 Å². The summed E-state index contributed by atoms with van der Waals surface area (Å²) in [6.07, 6.45) is 0. The lowest BCUT2D eigenvalue weighted by Crippen LogP contribution is -2.47. The van der Waals surface area contributed by atoms with Crippen molar-refractivity contribution in [2.45, 2.75) is 13.0 Å². The first-order chi connectivity index (χ1) is 14.6. The van der Waals surface area contributed by atoms with Crippen LogP contribution in [0.25, 0.3) is 4.96 Å². The van der Waals surface area contributed by atoms with Gasteiger partial charge in [-0.05, 0) is 42.6 Å². The minimum absolute atomic E-state index is 0.0109. The van der Waals surface area contributed by atoms with Crippen LogP contribution in [-0.4, -0.2) is 57.9 Å². The zero-order valence-corrected chi connectivity index (χ0v) is 18.5. The Hall–Kier alpha value is -2.62. The highest BCUT2D eigenvalue weighted by Gasteiger charge is 2.32. The molecule has 0 radical (unpaired) electrons. The van der Waals surface area contributed by atoms with Gasteiger partial charge in [0.1, 0.15) is 11.6 Å².